The predicted molar refractivity (Wildman–Crippen MR) is 126 cm³/mol. The van der Waals surface area contributed by atoms with Crippen LogP contribution in [0.15, 0.2) is 30.5 Å². The minimum absolute atomic E-state index is 0.00255. The number of hydrogen-bond donors (Lipinski definition) is 0. The molecule has 4 heterocycles. The van der Waals surface area contributed by atoms with Crippen molar-refractivity contribution < 1.29 is 14.3 Å². The number of hydrogen-bond acceptors (Lipinski definition) is 5. The minimum Gasteiger partial charge on any atom is -0.497 e. The highest BCUT2D eigenvalue weighted by Gasteiger charge is 2.45. The number of nitrogens with zero attached hydrogens (tertiary/aromatic N) is 2. The number of aromatic nitrogens is 1. The second-order valence-corrected chi connectivity index (χ2v) is 9.99. The summed E-state index contributed by atoms with van der Waals surface area (Å²) >= 11 is 0. The Morgan fingerprint density at radius 2 is 2.03 bits per heavy atom. The van der Waals surface area contributed by atoms with E-state index in [9.17, 15) is 4.79 Å². The van der Waals surface area contributed by atoms with Gasteiger partial charge in [-0.05, 0) is 68.3 Å². The van der Waals surface area contributed by atoms with Gasteiger partial charge in [-0.15, -0.1) is 0 Å². The van der Waals surface area contributed by atoms with Gasteiger partial charge in [0.05, 0.1) is 24.6 Å². The number of rotatable bonds is 6. The average Bonchev–Trinajstić information content (AvgIpc) is 2.87. The molecule has 1 aromatic carbocycles. The van der Waals surface area contributed by atoms with Crippen molar-refractivity contribution in [2.75, 3.05) is 20.2 Å². The Hall–Kier alpha value is -2.14. The Kier molecular flexibility index (Phi) is 6.36. The van der Waals surface area contributed by atoms with Crippen molar-refractivity contribution in [1.29, 1.82) is 0 Å². The summed E-state index contributed by atoms with van der Waals surface area (Å²) in [7, 11) is 1.69. The van der Waals surface area contributed by atoms with Gasteiger partial charge in [-0.2, -0.15) is 0 Å². The number of pyridine rings is 1. The van der Waals surface area contributed by atoms with Crippen LogP contribution < -0.4 is 4.74 Å². The van der Waals surface area contributed by atoms with Crippen molar-refractivity contribution in [1.82, 2.24) is 9.88 Å². The van der Waals surface area contributed by atoms with E-state index in [0.29, 0.717) is 0 Å². The van der Waals surface area contributed by atoms with Gasteiger partial charge in [0.2, 0.25) is 0 Å². The van der Waals surface area contributed by atoms with E-state index in [4.69, 9.17) is 9.47 Å². The van der Waals surface area contributed by atoms with Crippen LogP contribution in [-0.4, -0.2) is 42.1 Å². The molecule has 1 aromatic heterocycles. The lowest BCUT2D eigenvalue weighted by Gasteiger charge is -2.52. The van der Waals surface area contributed by atoms with E-state index in [1.165, 1.54) is 19.3 Å². The molecule has 0 N–H and O–H groups in total. The molecule has 2 bridgehead atoms. The first-order chi connectivity index (χ1) is 15.7. The smallest absolute Gasteiger partial charge is 0.309 e. The van der Waals surface area contributed by atoms with Gasteiger partial charge in [0.15, 0.2) is 0 Å². The lowest BCUT2D eigenvalue weighted by Crippen LogP contribution is -2.55. The summed E-state index contributed by atoms with van der Waals surface area (Å²) in [5, 5.41) is 1.03. The first-order valence-corrected chi connectivity index (χ1v) is 12.5. The lowest BCUT2D eigenvalue weighted by atomic mass is 9.72. The van der Waals surface area contributed by atoms with Crippen molar-refractivity contribution in [3.8, 4) is 5.75 Å². The summed E-state index contributed by atoms with van der Waals surface area (Å²) in [5.41, 5.74) is 1.99. The van der Waals surface area contributed by atoms with Crippen LogP contribution in [0.2, 0.25) is 0 Å². The molecule has 0 radical (unpaired) electrons. The van der Waals surface area contributed by atoms with Crippen molar-refractivity contribution >= 4 is 16.9 Å². The van der Waals surface area contributed by atoms with Crippen LogP contribution in [-0.2, 0) is 9.53 Å². The number of methoxy groups -OCH3 is 1. The zero-order valence-corrected chi connectivity index (χ0v) is 19.5. The molecule has 2 aromatic rings. The van der Waals surface area contributed by atoms with E-state index < -0.39 is 0 Å². The third-order valence-electron chi connectivity index (χ3n) is 8.28. The second kappa shape index (κ2) is 9.38. The van der Waals surface area contributed by atoms with Crippen molar-refractivity contribution in [3.05, 3.63) is 36.0 Å². The topological polar surface area (TPSA) is 51.7 Å². The molecule has 172 valence electrons. The maximum Gasteiger partial charge on any atom is 0.309 e. The van der Waals surface area contributed by atoms with Gasteiger partial charge in [0, 0.05) is 23.7 Å². The molecule has 32 heavy (non-hydrogen) atoms. The molecule has 3 aliphatic heterocycles. The van der Waals surface area contributed by atoms with Gasteiger partial charge >= 0.3 is 5.97 Å². The molecule has 5 heteroatoms. The van der Waals surface area contributed by atoms with Gasteiger partial charge in [-0.25, -0.2) is 0 Å². The number of fused-ring (bicyclic) bond motifs is 4. The van der Waals surface area contributed by atoms with Gasteiger partial charge in [0.25, 0.3) is 0 Å². The Bertz CT molecular complexity index is 955. The lowest BCUT2D eigenvalue weighted by molar-refractivity contribution is -0.164. The molecular formula is C27H36N2O3. The largest absolute Gasteiger partial charge is 0.497 e. The van der Waals surface area contributed by atoms with Crippen LogP contribution in [0.3, 0.4) is 0 Å². The SMILES string of the molecule is CC[C@H]1CN2CC[C@H]1C[C@@H]2[C@@H](OC(=O)C1CCCCC1)c1ccnc2ccc(OC)cc12. The molecule has 1 saturated carbocycles. The molecular weight excluding hydrogens is 400 g/mol. The van der Waals surface area contributed by atoms with Crippen LogP contribution in [0.25, 0.3) is 10.9 Å². The molecule has 5 atom stereocenters. The van der Waals surface area contributed by atoms with Crippen molar-refractivity contribution in [2.24, 2.45) is 17.8 Å². The van der Waals surface area contributed by atoms with Crippen LogP contribution in [0.5, 0.6) is 5.75 Å². The molecule has 0 spiro atoms. The van der Waals surface area contributed by atoms with Gasteiger partial charge in [-0.3, -0.25) is 14.7 Å². The van der Waals surface area contributed by atoms with Crippen LogP contribution in [0, 0.1) is 17.8 Å². The zero-order valence-electron chi connectivity index (χ0n) is 19.5. The summed E-state index contributed by atoms with van der Waals surface area (Å²) < 4.78 is 12.0. The molecule has 4 aliphatic rings. The Morgan fingerprint density at radius 3 is 2.75 bits per heavy atom. The minimum atomic E-state index is -0.261. The zero-order chi connectivity index (χ0) is 22.1. The third kappa shape index (κ3) is 4.12. The first-order valence-electron chi connectivity index (χ1n) is 12.5. The summed E-state index contributed by atoms with van der Waals surface area (Å²) in [6.07, 6.45) is 10.6. The van der Waals surface area contributed by atoms with E-state index in [1.54, 1.807) is 7.11 Å². The highest BCUT2D eigenvalue weighted by Crippen LogP contribution is 2.44. The average molecular weight is 437 g/mol. The van der Waals surface area contributed by atoms with E-state index in [-0.39, 0.29) is 24.0 Å². The molecule has 3 saturated heterocycles. The van der Waals surface area contributed by atoms with E-state index >= 15 is 0 Å². The van der Waals surface area contributed by atoms with Crippen LogP contribution >= 0.6 is 0 Å². The number of benzene rings is 1. The quantitative estimate of drug-likeness (QED) is 0.558. The number of piperidine rings is 3. The molecule has 1 aliphatic carbocycles. The Morgan fingerprint density at radius 1 is 1.19 bits per heavy atom. The van der Waals surface area contributed by atoms with Gasteiger partial charge < -0.3 is 9.47 Å². The number of esters is 1. The van der Waals surface area contributed by atoms with E-state index in [0.717, 1.165) is 79.2 Å². The van der Waals surface area contributed by atoms with Crippen LogP contribution in [0.1, 0.15) is 70.0 Å². The normalized spacial score (nSPS) is 29.1. The van der Waals surface area contributed by atoms with Crippen molar-refractivity contribution in [3.63, 3.8) is 0 Å². The van der Waals surface area contributed by atoms with Gasteiger partial charge in [0.1, 0.15) is 11.9 Å². The molecule has 1 unspecified atom stereocenters. The molecule has 0 amide bonds. The van der Waals surface area contributed by atoms with Gasteiger partial charge in [-0.1, -0.05) is 32.6 Å². The number of carbonyl (C=O) groups is 1. The second-order valence-electron chi connectivity index (χ2n) is 9.99. The fourth-order valence-electron chi connectivity index (χ4n) is 6.39. The fourth-order valence-corrected chi connectivity index (χ4v) is 6.39. The maximum absolute atomic E-state index is 13.3. The molecule has 5 nitrogen and oxygen atoms in total. The number of ether oxygens (including phenoxy) is 2. The van der Waals surface area contributed by atoms with Crippen LogP contribution in [0.4, 0.5) is 0 Å². The Labute approximate surface area is 191 Å². The molecule has 6 rings (SSSR count). The Balaban J connectivity index is 1.52. The summed E-state index contributed by atoms with van der Waals surface area (Å²) in [6, 6.07) is 8.28. The summed E-state index contributed by atoms with van der Waals surface area (Å²) in [4.78, 5) is 20.5. The highest BCUT2D eigenvalue weighted by atomic mass is 16.5. The van der Waals surface area contributed by atoms with E-state index in [2.05, 4.69) is 22.9 Å². The molecule has 4 fully saturated rings. The monoisotopic (exact) mass is 436 g/mol. The van der Waals surface area contributed by atoms with Crippen molar-refractivity contribution in [2.45, 2.75) is 70.4 Å². The number of carbonyl (C=O) groups excluding carboxylic acids is 1. The predicted octanol–water partition coefficient (Wildman–Crippen LogP) is 5.53. The third-order valence-corrected chi connectivity index (χ3v) is 8.28. The summed E-state index contributed by atoms with van der Waals surface area (Å²) in [6.45, 7) is 4.54. The maximum atomic E-state index is 13.3. The first kappa shape index (κ1) is 21.7. The van der Waals surface area contributed by atoms with E-state index in [1.807, 2.05) is 24.4 Å². The fraction of sp³-hybridized carbons (Fsp3) is 0.630. The standard InChI is InChI=1S/C27H36N2O3/c1-3-18-17-29-14-12-20(18)15-25(29)26(32-27(30)19-7-5-4-6-8-19)22-11-13-28-24-10-9-21(31-2)16-23(22)24/h9-11,13,16,18-20,25-26H,3-8,12,14-15,17H2,1-2H3/t18-,20-,25+,26-/m0/s1. The summed E-state index contributed by atoms with van der Waals surface area (Å²) in [5.74, 6) is 2.35. The highest BCUT2D eigenvalue weighted by molar-refractivity contribution is 5.84.